The van der Waals surface area contributed by atoms with Gasteiger partial charge in [-0.15, -0.1) is 0 Å². The van der Waals surface area contributed by atoms with E-state index in [0.717, 1.165) is 12.1 Å². The number of amides is 1. The van der Waals surface area contributed by atoms with Crippen LogP contribution in [-0.4, -0.2) is 30.1 Å². The van der Waals surface area contributed by atoms with Gasteiger partial charge in [0.05, 0.1) is 40.5 Å². The van der Waals surface area contributed by atoms with E-state index in [2.05, 4.69) is 5.48 Å². The summed E-state index contributed by atoms with van der Waals surface area (Å²) in [4.78, 5) is 17.6. The highest BCUT2D eigenvalue weighted by Gasteiger charge is 2.60. The Morgan fingerprint density at radius 1 is 1.21 bits per heavy atom. The molecule has 1 fully saturated rings. The number of nitrogens with one attached hydrogen (secondary N) is 1. The molecular weight excluding hydrogens is 504 g/mol. The van der Waals surface area contributed by atoms with Crippen LogP contribution in [0, 0.1) is 17.1 Å². The second-order valence-corrected chi connectivity index (χ2v) is 8.78. The molecule has 1 unspecified atom stereocenters. The Balaban J connectivity index is 1.75. The standard InChI is InChI=1S/C22H14Cl2F5N3O2/c1-11(33)32-9-20(26,10-32)15-3-2-12(4-13(15)8-30)18-7-21(34-31-18,22(27,28)29)14-5-16(23)19(25)17(24)6-14/h2-7,31H,9-10H2,1H3. The molecule has 1 N–H and O–H groups in total. The average molecular weight is 518 g/mol. The van der Waals surface area contributed by atoms with Crippen molar-refractivity contribution in [2.45, 2.75) is 24.4 Å². The summed E-state index contributed by atoms with van der Waals surface area (Å²) in [5.74, 6) is -1.39. The predicted octanol–water partition coefficient (Wildman–Crippen LogP) is 5.36. The van der Waals surface area contributed by atoms with E-state index in [4.69, 9.17) is 28.0 Å². The third-order valence-corrected chi connectivity index (χ3v) is 6.32. The first-order valence-corrected chi connectivity index (χ1v) is 10.4. The Hall–Kier alpha value is -2.87. The fourth-order valence-electron chi connectivity index (χ4n) is 3.90. The fraction of sp³-hybridized carbons (Fsp3) is 0.273. The minimum absolute atomic E-state index is 0.0231. The fourth-order valence-corrected chi connectivity index (χ4v) is 4.39. The number of likely N-dealkylation sites (tertiary alicyclic amines) is 1. The van der Waals surface area contributed by atoms with Crippen LogP contribution in [0.2, 0.25) is 10.0 Å². The quantitative estimate of drug-likeness (QED) is 0.439. The number of alkyl halides is 4. The zero-order valence-electron chi connectivity index (χ0n) is 17.2. The monoisotopic (exact) mass is 517 g/mol. The molecule has 34 heavy (non-hydrogen) atoms. The highest BCUT2D eigenvalue weighted by Crippen LogP contribution is 2.49. The van der Waals surface area contributed by atoms with Gasteiger partial charge in [0.25, 0.3) is 0 Å². The highest BCUT2D eigenvalue weighted by molar-refractivity contribution is 6.35. The van der Waals surface area contributed by atoms with Crippen molar-refractivity contribution in [1.29, 1.82) is 5.26 Å². The zero-order chi connectivity index (χ0) is 25.1. The third kappa shape index (κ3) is 3.78. The lowest BCUT2D eigenvalue weighted by Gasteiger charge is -2.44. The first kappa shape index (κ1) is 24.3. The molecule has 2 aliphatic heterocycles. The van der Waals surface area contributed by atoms with Gasteiger partial charge < -0.3 is 4.90 Å². The summed E-state index contributed by atoms with van der Waals surface area (Å²) in [6, 6.07) is 7.18. The zero-order valence-corrected chi connectivity index (χ0v) is 18.7. The Kier molecular flexibility index (Phi) is 5.79. The lowest BCUT2D eigenvalue weighted by Crippen LogP contribution is -2.58. The first-order chi connectivity index (χ1) is 15.8. The van der Waals surface area contributed by atoms with Crippen LogP contribution < -0.4 is 5.48 Å². The molecule has 0 bridgehead atoms. The van der Waals surface area contributed by atoms with E-state index in [0.29, 0.717) is 6.08 Å². The van der Waals surface area contributed by atoms with E-state index in [9.17, 15) is 27.6 Å². The Morgan fingerprint density at radius 3 is 2.35 bits per heavy atom. The van der Waals surface area contributed by atoms with Crippen molar-refractivity contribution in [3.8, 4) is 6.07 Å². The molecular formula is C22H14Cl2F5N3O2. The third-order valence-electron chi connectivity index (χ3n) is 5.77. The van der Waals surface area contributed by atoms with E-state index < -0.39 is 38.9 Å². The summed E-state index contributed by atoms with van der Waals surface area (Å²) >= 11 is 11.4. The summed E-state index contributed by atoms with van der Waals surface area (Å²) in [6.07, 6.45) is -4.32. The second kappa shape index (κ2) is 8.12. The number of hydrogen-bond donors (Lipinski definition) is 1. The van der Waals surface area contributed by atoms with Gasteiger partial charge in [-0.2, -0.15) is 18.4 Å². The molecule has 0 spiro atoms. The number of carbonyl (C=O) groups is 1. The number of halogens is 7. The normalized spacial score (nSPS) is 21.4. The maximum Gasteiger partial charge on any atom is 0.428 e. The minimum atomic E-state index is -5.02. The van der Waals surface area contributed by atoms with Gasteiger partial charge in [0, 0.05) is 23.6 Å². The first-order valence-electron chi connectivity index (χ1n) is 9.69. The summed E-state index contributed by atoms with van der Waals surface area (Å²) < 4.78 is 71.4. The number of rotatable bonds is 3. The van der Waals surface area contributed by atoms with Crippen LogP contribution in [0.15, 0.2) is 36.4 Å². The highest BCUT2D eigenvalue weighted by atomic mass is 35.5. The number of nitrogens with zero attached hydrogens (tertiary/aromatic N) is 2. The van der Waals surface area contributed by atoms with E-state index in [1.54, 1.807) is 0 Å². The van der Waals surface area contributed by atoms with Crippen LogP contribution in [0.4, 0.5) is 22.0 Å². The van der Waals surface area contributed by atoms with Crippen molar-refractivity contribution in [2.24, 2.45) is 0 Å². The number of nitriles is 1. The molecule has 12 heteroatoms. The van der Waals surface area contributed by atoms with Gasteiger partial charge >= 0.3 is 6.18 Å². The van der Waals surface area contributed by atoms with Crippen molar-refractivity contribution in [3.05, 3.63) is 74.5 Å². The average Bonchev–Trinajstić information content (AvgIpc) is 3.21. The van der Waals surface area contributed by atoms with E-state index in [1.807, 2.05) is 6.07 Å². The Bertz CT molecular complexity index is 1250. The minimum Gasteiger partial charge on any atom is -0.336 e. The topological polar surface area (TPSA) is 65.4 Å². The molecule has 4 rings (SSSR count). The lowest BCUT2D eigenvalue weighted by molar-refractivity contribution is -0.269. The van der Waals surface area contributed by atoms with Crippen molar-refractivity contribution in [3.63, 3.8) is 0 Å². The van der Waals surface area contributed by atoms with E-state index in [-0.39, 0.29) is 41.4 Å². The number of benzene rings is 2. The Morgan fingerprint density at radius 2 is 1.82 bits per heavy atom. The van der Waals surface area contributed by atoms with Crippen LogP contribution in [0.3, 0.4) is 0 Å². The molecule has 1 atom stereocenters. The van der Waals surface area contributed by atoms with Gasteiger partial charge in [0.1, 0.15) is 0 Å². The number of carbonyl (C=O) groups excluding carboxylic acids is 1. The smallest absolute Gasteiger partial charge is 0.336 e. The maximum absolute atomic E-state index is 15.2. The van der Waals surface area contributed by atoms with Crippen molar-refractivity contribution in [1.82, 2.24) is 10.4 Å². The van der Waals surface area contributed by atoms with Gasteiger partial charge in [0.15, 0.2) is 11.5 Å². The SMILES string of the molecule is CC(=O)N1CC(F)(c2ccc(C3=CC(c4cc(Cl)c(F)c(Cl)c4)(C(F)(F)F)ON3)cc2C#N)C1. The molecule has 2 aromatic carbocycles. The molecule has 2 heterocycles. The number of hydroxylamine groups is 1. The summed E-state index contributed by atoms with van der Waals surface area (Å²) in [7, 11) is 0. The van der Waals surface area contributed by atoms with Crippen LogP contribution in [0.5, 0.6) is 0 Å². The van der Waals surface area contributed by atoms with Crippen LogP contribution in [-0.2, 0) is 20.9 Å². The molecule has 0 radical (unpaired) electrons. The maximum atomic E-state index is 15.2. The molecule has 0 aromatic heterocycles. The molecule has 1 saturated heterocycles. The second-order valence-electron chi connectivity index (χ2n) is 7.96. The van der Waals surface area contributed by atoms with Gasteiger partial charge in [-0.1, -0.05) is 35.3 Å². The molecule has 2 aromatic rings. The molecule has 2 aliphatic rings. The van der Waals surface area contributed by atoms with Gasteiger partial charge in [-0.3, -0.25) is 15.1 Å². The van der Waals surface area contributed by atoms with E-state index >= 15 is 4.39 Å². The molecule has 1 amide bonds. The van der Waals surface area contributed by atoms with Crippen LogP contribution in [0.1, 0.15) is 29.2 Å². The lowest BCUT2D eigenvalue weighted by atomic mass is 9.84. The molecule has 5 nitrogen and oxygen atoms in total. The number of hydrogen-bond acceptors (Lipinski definition) is 4. The van der Waals surface area contributed by atoms with E-state index in [1.165, 1.54) is 30.0 Å². The molecule has 0 aliphatic carbocycles. The largest absolute Gasteiger partial charge is 0.428 e. The summed E-state index contributed by atoms with van der Waals surface area (Å²) in [5, 5.41) is 8.28. The summed E-state index contributed by atoms with van der Waals surface area (Å²) in [6.45, 7) is 0.827. The Labute approximate surface area is 200 Å². The van der Waals surface area contributed by atoms with Crippen molar-refractivity contribution >= 4 is 34.8 Å². The summed E-state index contributed by atoms with van der Waals surface area (Å²) in [5.41, 5.74) is -3.53. The van der Waals surface area contributed by atoms with Crippen molar-refractivity contribution in [2.75, 3.05) is 13.1 Å². The molecule has 0 saturated carbocycles. The van der Waals surface area contributed by atoms with Gasteiger partial charge in [-0.25, -0.2) is 8.78 Å². The van der Waals surface area contributed by atoms with Crippen molar-refractivity contribution < 1.29 is 31.6 Å². The van der Waals surface area contributed by atoms with Gasteiger partial charge in [0.2, 0.25) is 11.5 Å². The molecule has 178 valence electrons. The van der Waals surface area contributed by atoms with Gasteiger partial charge in [-0.05, 0) is 24.3 Å². The van der Waals surface area contributed by atoms with Crippen LogP contribution >= 0.6 is 23.2 Å². The predicted molar refractivity (Wildman–Crippen MR) is 113 cm³/mol. The van der Waals surface area contributed by atoms with Crippen LogP contribution in [0.25, 0.3) is 5.70 Å².